The second-order valence-electron chi connectivity index (χ2n) is 3.17. The van der Waals surface area contributed by atoms with E-state index in [1.54, 1.807) is 12.1 Å². The number of hydrazone groups is 1. The lowest BCUT2D eigenvalue weighted by molar-refractivity contribution is 0.322. The van der Waals surface area contributed by atoms with Crippen molar-refractivity contribution in [1.82, 2.24) is 0 Å². The molecule has 1 aromatic carbocycles. The van der Waals surface area contributed by atoms with Gasteiger partial charge in [0.05, 0.1) is 27.5 Å². The molecule has 18 heavy (non-hydrogen) atoms. The van der Waals surface area contributed by atoms with Crippen molar-refractivity contribution in [2.24, 2.45) is 16.1 Å². The predicted octanol–water partition coefficient (Wildman–Crippen LogP) is 0.835. The van der Waals surface area contributed by atoms with Crippen LogP contribution in [0.15, 0.2) is 22.4 Å². The van der Waals surface area contributed by atoms with Gasteiger partial charge in [-0.1, -0.05) is 5.16 Å². The molecule has 0 saturated heterocycles. The molecule has 0 radical (unpaired) electrons. The van der Waals surface area contributed by atoms with E-state index in [0.29, 0.717) is 22.8 Å². The van der Waals surface area contributed by atoms with Crippen LogP contribution in [0.4, 0.5) is 0 Å². The zero-order valence-electron chi connectivity index (χ0n) is 10.4. The molecule has 0 bridgehead atoms. The Balaban J connectivity index is 3.39. The van der Waals surface area contributed by atoms with E-state index >= 15 is 0 Å². The molecule has 0 aliphatic rings. The molecule has 0 saturated carbocycles. The van der Waals surface area contributed by atoms with Crippen LogP contribution in [0.2, 0.25) is 0 Å². The molecule has 0 aliphatic heterocycles. The van der Waals surface area contributed by atoms with Gasteiger partial charge < -0.3 is 25.3 Å². The zero-order chi connectivity index (χ0) is 13.5. The summed E-state index contributed by atoms with van der Waals surface area (Å²) in [6.07, 6.45) is 1.11. The fraction of sp³-hybridized carbons (Fsp3) is 0.273. The Kier molecular flexibility index (Phi) is 4.79. The molecular formula is C11H15N3O4. The maximum Gasteiger partial charge on any atom is 0.203 e. The first-order chi connectivity index (χ1) is 8.71. The number of rotatable bonds is 5. The van der Waals surface area contributed by atoms with E-state index < -0.39 is 0 Å². The monoisotopic (exact) mass is 253 g/mol. The minimum Gasteiger partial charge on any atom is -0.493 e. The summed E-state index contributed by atoms with van der Waals surface area (Å²) in [7, 11) is 4.51. The Morgan fingerprint density at radius 1 is 1.17 bits per heavy atom. The van der Waals surface area contributed by atoms with Crippen molar-refractivity contribution < 1.29 is 19.4 Å². The van der Waals surface area contributed by atoms with Gasteiger partial charge in [-0.3, -0.25) is 0 Å². The summed E-state index contributed by atoms with van der Waals surface area (Å²) in [6, 6.07) is 3.30. The summed E-state index contributed by atoms with van der Waals surface area (Å²) >= 11 is 0. The first-order valence-electron chi connectivity index (χ1n) is 4.97. The maximum atomic E-state index is 8.53. The molecule has 3 N–H and O–H groups in total. The molecule has 98 valence electrons. The molecule has 7 heteroatoms. The number of ether oxygens (including phenoxy) is 3. The van der Waals surface area contributed by atoms with E-state index in [1.807, 2.05) is 0 Å². The standard InChI is InChI=1S/C11H15N3O4/c1-16-9-4-7(8(14-12)6-13-15)5-10(17-2)11(9)18-3/h4-6,15H,12H2,1-3H3/b13-6+,14-8+. The topological polar surface area (TPSA) is 98.7 Å². The molecule has 1 aromatic rings. The second-order valence-corrected chi connectivity index (χ2v) is 3.17. The Labute approximate surface area is 104 Å². The number of hydrogen-bond acceptors (Lipinski definition) is 7. The van der Waals surface area contributed by atoms with Crippen LogP contribution < -0.4 is 20.1 Å². The quantitative estimate of drug-likeness (QED) is 0.350. The van der Waals surface area contributed by atoms with Gasteiger partial charge in [-0.25, -0.2) is 0 Å². The fourth-order valence-electron chi connectivity index (χ4n) is 1.47. The van der Waals surface area contributed by atoms with E-state index in [1.165, 1.54) is 21.3 Å². The van der Waals surface area contributed by atoms with Gasteiger partial charge in [-0.2, -0.15) is 5.10 Å². The maximum absolute atomic E-state index is 8.53. The van der Waals surface area contributed by atoms with Crippen LogP contribution in [0.5, 0.6) is 17.2 Å². The summed E-state index contributed by atoms with van der Waals surface area (Å²) in [5.41, 5.74) is 0.849. The molecule has 0 fully saturated rings. The van der Waals surface area contributed by atoms with Crippen molar-refractivity contribution in [3.8, 4) is 17.2 Å². The van der Waals surface area contributed by atoms with E-state index in [-0.39, 0.29) is 5.71 Å². The van der Waals surface area contributed by atoms with Gasteiger partial charge in [0, 0.05) is 5.56 Å². The van der Waals surface area contributed by atoms with Crippen molar-refractivity contribution in [3.63, 3.8) is 0 Å². The molecule has 0 spiro atoms. The summed E-state index contributed by atoms with van der Waals surface area (Å²) < 4.78 is 15.6. The number of oxime groups is 1. The second kappa shape index (κ2) is 6.33. The lowest BCUT2D eigenvalue weighted by Crippen LogP contribution is -2.07. The van der Waals surface area contributed by atoms with Crippen LogP contribution in [0.25, 0.3) is 0 Å². The highest BCUT2D eigenvalue weighted by atomic mass is 16.5. The van der Waals surface area contributed by atoms with Crippen molar-refractivity contribution in [1.29, 1.82) is 0 Å². The highest BCUT2D eigenvalue weighted by Crippen LogP contribution is 2.38. The molecule has 0 aromatic heterocycles. The Hall–Kier alpha value is -2.44. The van der Waals surface area contributed by atoms with E-state index in [2.05, 4.69) is 10.3 Å². The summed E-state index contributed by atoms with van der Waals surface area (Å²) in [5.74, 6) is 6.59. The molecule has 0 atom stereocenters. The van der Waals surface area contributed by atoms with Crippen LogP contribution in [0.3, 0.4) is 0 Å². The first kappa shape index (κ1) is 13.6. The zero-order valence-corrected chi connectivity index (χ0v) is 10.4. The summed E-state index contributed by atoms with van der Waals surface area (Å²) in [6.45, 7) is 0. The van der Waals surface area contributed by atoms with Crippen LogP contribution >= 0.6 is 0 Å². The average Bonchev–Trinajstić information content (AvgIpc) is 2.42. The number of benzene rings is 1. The normalized spacial score (nSPS) is 11.6. The molecule has 1 rings (SSSR count). The van der Waals surface area contributed by atoms with Crippen LogP contribution in [0.1, 0.15) is 5.56 Å². The van der Waals surface area contributed by atoms with Gasteiger partial charge in [0.1, 0.15) is 5.71 Å². The van der Waals surface area contributed by atoms with Crippen LogP contribution in [0, 0.1) is 0 Å². The average molecular weight is 253 g/mol. The van der Waals surface area contributed by atoms with Gasteiger partial charge in [-0.15, -0.1) is 0 Å². The number of hydrogen-bond donors (Lipinski definition) is 2. The number of nitrogens with two attached hydrogens (primary N) is 1. The van der Waals surface area contributed by atoms with Gasteiger partial charge >= 0.3 is 0 Å². The molecule has 0 aliphatic carbocycles. The largest absolute Gasteiger partial charge is 0.493 e. The van der Waals surface area contributed by atoms with Crippen molar-refractivity contribution in [2.45, 2.75) is 0 Å². The summed E-state index contributed by atoms with van der Waals surface area (Å²) in [4.78, 5) is 0. The first-order valence-corrected chi connectivity index (χ1v) is 4.97. The SMILES string of the molecule is COc1cc(C(/C=N/O)=N/N)cc(OC)c1OC. The highest BCUT2D eigenvalue weighted by molar-refractivity contribution is 6.38. The molecule has 7 nitrogen and oxygen atoms in total. The third kappa shape index (κ3) is 2.62. The van der Waals surface area contributed by atoms with Crippen LogP contribution in [-0.4, -0.2) is 38.5 Å². The van der Waals surface area contributed by atoms with Crippen molar-refractivity contribution in [3.05, 3.63) is 17.7 Å². The fourth-order valence-corrected chi connectivity index (χ4v) is 1.47. The van der Waals surface area contributed by atoms with Crippen molar-refractivity contribution >= 4 is 11.9 Å². The number of nitrogens with zero attached hydrogens (tertiary/aromatic N) is 2. The van der Waals surface area contributed by atoms with Gasteiger partial charge in [-0.05, 0) is 12.1 Å². The highest BCUT2D eigenvalue weighted by Gasteiger charge is 2.15. The molecule has 0 heterocycles. The van der Waals surface area contributed by atoms with Gasteiger partial charge in [0.2, 0.25) is 5.75 Å². The summed E-state index contributed by atoms with van der Waals surface area (Å²) in [5, 5.41) is 14.9. The van der Waals surface area contributed by atoms with E-state index in [9.17, 15) is 0 Å². The Morgan fingerprint density at radius 2 is 1.72 bits per heavy atom. The lowest BCUT2D eigenvalue weighted by atomic mass is 10.1. The van der Waals surface area contributed by atoms with Gasteiger partial charge in [0.15, 0.2) is 11.5 Å². The molecule has 0 amide bonds. The number of methoxy groups -OCH3 is 3. The Bertz CT molecular complexity index is 446. The predicted molar refractivity (Wildman–Crippen MR) is 67.1 cm³/mol. The lowest BCUT2D eigenvalue weighted by Gasteiger charge is -2.13. The van der Waals surface area contributed by atoms with E-state index in [4.69, 9.17) is 25.3 Å². The minimum absolute atomic E-state index is 0.275. The van der Waals surface area contributed by atoms with Crippen molar-refractivity contribution in [2.75, 3.05) is 21.3 Å². The minimum atomic E-state index is 0.275. The Morgan fingerprint density at radius 3 is 2.06 bits per heavy atom. The molecular weight excluding hydrogens is 238 g/mol. The van der Waals surface area contributed by atoms with Gasteiger partial charge in [0.25, 0.3) is 0 Å². The molecule has 0 unspecified atom stereocenters. The van der Waals surface area contributed by atoms with E-state index in [0.717, 1.165) is 6.21 Å². The smallest absolute Gasteiger partial charge is 0.203 e. The third-order valence-corrected chi connectivity index (χ3v) is 2.28. The van der Waals surface area contributed by atoms with Crippen LogP contribution in [-0.2, 0) is 0 Å². The third-order valence-electron chi connectivity index (χ3n) is 2.28.